The van der Waals surface area contributed by atoms with E-state index in [1.165, 1.54) is 0 Å². The van der Waals surface area contributed by atoms with Crippen LogP contribution in [-0.4, -0.2) is 29.0 Å². The molecule has 0 aliphatic heterocycles. The Hall–Kier alpha value is -1.71. The molecule has 0 aliphatic carbocycles. The zero-order valence-electron chi connectivity index (χ0n) is 9.03. The van der Waals surface area contributed by atoms with Gasteiger partial charge in [-0.1, -0.05) is 6.07 Å². The Bertz CT molecular complexity index is 360. The van der Waals surface area contributed by atoms with Crippen LogP contribution in [0.2, 0.25) is 0 Å². The molecule has 1 aromatic rings. The van der Waals surface area contributed by atoms with Crippen molar-refractivity contribution in [3.63, 3.8) is 0 Å². The van der Waals surface area contributed by atoms with Gasteiger partial charge in [0.15, 0.2) is 5.75 Å². The molecular formula is C11H16N2O2. The molecule has 1 rings (SSSR count). The number of carbonyl (C=O) groups excluding carboxylic acids is 1. The monoisotopic (exact) mass is 208 g/mol. The van der Waals surface area contributed by atoms with E-state index in [2.05, 4.69) is 0 Å². The lowest BCUT2D eigenvalue weighted by atomic mass is 10.1. The van der Waals surface area contributed by atoms with E-state index < -0.39 is 0 Å². The summed E-state index contributed by atoms with van der Waals surface area (Å²) in [4.78, 5) is 13.5. The minimum absolute atomic E-state index is 0.130. The fourth-order valence-corrected chi connectivity index (χ4v) is 1.42. The Morgan fingerprint density at radius 3 is 2.53 bits per heavy atom. The number of para-hydroxylation sites is 1. The van der Waals surface area contributed by atoms with Crippen molar-refractivity contribution in [1.29, 1.82) is 0 Å². The quantitative estimate of drug-likeness (QED) is 0.583. The van der Waals surface area contributed by atoms with Gasteiger partial charge in [0.05, 0.1) is 11.3 Å². The predicted octanol–water partition coefficient (Wildman–Crippen LogP) is 1.46. The van der Waals surface area contributed by atoms with Gasteiger partial charge in [-0.05, 0) is 26.0 Å². The average molecular weight is 208 g/mol. The Balaban J connectivity index is 3.05. The minimum Gasteiger partial charge on any atom is -0.505 e. The van der Waals surface area contributed by atoms with Gasteiger partial charge >= 0.3 is 0 Å². The molecule has 0 bridgehead atoms. The molecular weight excluding hydrogens is 192 g/mol. The van der Waals surface area contributed by atoms with Gasteiger partial charge in [0.2, 0.25) is 0 Å². The van der Waals surface area contributed by atoms with Gasteiger partial charge in [0.1, 0.15) is 0 Å². The number of hydrogen-bond donors (Lipinski definition) is 2. The number of amides is 1. The summed E-state index contributed by atoms with van der Waals surface area (Å²) in [7, 11) is 0. The Morgan fingerprint density at radius 1 is 1.40 bits per heavy atom. The first-order chi connectivity index (χ1) is 7.11. The number of phenols is 1. The Kier molecular flexibility index (Phi) is 3.55. The number of phenolic OH excluding ortho intramolecular Hbond substituents is 1. The molecule has 0 spiro atoms. The first-order valence-electron chi connectivity index (χ1n) is 4.98. The molecule has 0 unspecified atom stereocenters. The molecule has 15 heavy (non-hydrogen) atoms. The van der Waals surface area contributed by atoms with Crippen LogP contribution in [0.15, 0.2) is 18.2 Å². The fourth-order valence-electron chi connectivity index (χ4n) is 1.42. The van der Waals surface area contributed by atoms with Crippen LogP contribution in [-0.2, 0) is 0 Å². The van der Waals surface area contributed by atoms with Gasteiger partial charge in [-0.25, -0.2) is 0 Å². The highest BCUT2D eigenvalue weighted by molar-refractivity contribution is 5.98. The van der Waals surface area contributed by atoms with Crippen molar-refractivity contribution in [2.24, 2.45) is 0 Å². The summed E-state index contributed by atoms with van der Waals surface area (Å²) >= 11 is 0. The van der Waals surface area contributed by atoms with Crippen molar-refractivity contribution in [2.75, 3.05) is 18.8 Å². The number of benzene rings is 1. The zero-order chi connectivity index (χ0) is 11.4. The molecule has 0 heterocycles. The number of nitrogens with two attached hydrogens (primary N) is 1. The topological polar surface area (TPSA) is 66.6 Å². The summed E-state index contributed by atoms with van der Waals surface area (Å²) in [6.07, 6.45) is 0. The average Bonchev–Trinajstić information content (AvgIpc) is 2.23. The van der Waals surface area contributed by atoms with Crippen LogP contribution in [0.5, 0.6) is 5.75 Å². The van der Waals surface area contributed by atoms with Crippen molar-refractivity contribution in [3.05, 3.63) is 23.8 Å². The maximum atomic E-state index is 11.9. The summed E-state index contributed by atoms with van der Waals surface area (Å²) in [6, 6.07) is 4.80. The second kappa shape index (κ2) is 4.68. The Morgan fingerprint density at radius 2 is 2.00 bits per heavy atom. The highest BCUT2D eigenvalue weighted by atomic mass is 16.3. The number of nitrogen functional groups attached to an aromatic ring is 1. The van der Waals surface area contributed by atoms with Crippen molar-refractivity contribution >= 4 is 11.6 Å². The molecule has 0 aliphatic rings. The zero-order valence-corrected chi connectivity index (χ0v) is 9.03. The lowest BCUT2D eigenvalue weighted by Crippen LogP contribution is -2.30. The highest BCUT2D eigenvalue weighted by Gasteiger charge is 2.17. The van der Waals surface area contributed by atoms with Gasteiger partial charge in [0.25, 0.3) is 5.91 Å². The SMILES string of the molecule is CCN(CC)C(=O)c1cccc(N)c1O. The van der Waals surface area contributed by atoms with E-state index in [-0.39, 0.29) is 22.9 Å². The third kappa shape index (κ3) is 2.21. The number of carbonyl (C=O) groups is 1. The largest absolute Gasteiger partial charge is 0.505 e. The number of nitrogens with zero attached hydrogens (tertiary/aromatic N) is 1. The van der Waals surface area contributed by atoms with Crippen molar-refractivity contribution in [2.45, 2.75) is 13.8 Å². The maximum Gasteiger partial charge on any atom is 0.257 e. The second-order valence-electron chi connectivity index (χ2n) is 3.22. The first kappa shape index (κ1) is 11.4. The van der Waals surface area contributed by atoms with E-state index in [1.54, 1.807) is 23.1 Å². The number of aromatic hydroxyl groups is 1. The smallest absolute Gasteiger partial charge is 0.257 e. The van der Waals surface area contributed by atoms with Crippen LogP contribution in [0.4, 0.5) is 5.69 Å². The van der Waals surface area contributed by atoms with E-state index in [9.17, 15) is 9.90 Å². The third-order valence-electron chi connectivity index (χ3n) is 2.35. The standard InChI is InChI=1S/C11H16N2O2/c1-3-13(4-2)11(15)8-6-5-7-9(12)10(8)14/h5-7,14H,3-4,12H2,1-2H3. The van der Waals surface area contributed by atoms with E-state index in [4.69, 9.17) is 5.73 Å². The molecule has 1 amide bonds. The molecule has 0 atom stereocenters. The second-order valence-corrected chi connectivity index (χ2v) is 3.22. The van der Waals surface area contributed by atoms with Crippen molar-refractivity contribution in [3.8, 4) is 5.75 Å². The molecule has 82 valence electrons. The van der Waals surface area contributed by atoms with Gasteiger partial charge in [-0.3, -0.25) is 4.79 Å². The van der Waals surface area contributed by atoms with Gasteiger partial charge < -0.3 is 15.7 Å². The van der Waals surface area contributed by atoms with Crippen molar-refractivity contribution < 1.29 is 9.90 Å². The molecule has 0 saturated heterocycles. The van der Waals surface area contributed by atoms with Gasteiger partial charge in [0, 0.05) is 13.1 Å². The normalized spacial score (nSPS) is 10.0. The van der Waals surface area contributed by atoms with Crippen LogP contribution in [0.3, 0.4) is 0 Å². The Labute approximate surface area is 89.3 Å². The predicted molar refractivity (Wildman–Crippen MR) is 59.8 cm³/mol. The van der Waals surface area contributed by atoms with Crippen LogP contribution in [0, 0.1) is 0 Å². The number of anilines is 1. The first-order valence-corrected chi connectivity index (χ1v) is 4.98. The van der Waals surface area contributed by atoms with E-state index >= 15 is 0 Å². The van der Waals surface area contributed by atoms with E-state index in [1.807, 2.05) is 13.8 Å². The summed E-state index contributed by atoms with van der Waals surface area (Å²) in [6.45, 7) is 5.02. The highest BCUT2D eigenvalue weighted by Crippen LogP contribution is 2.25. The summed E-state index contributed by atoms with van der Waals surface area (Å²) in [5.41, 5.74) is 6.01. The van der Waals surface area contributed by atoms with Crippen LogP contribution < -0.4 is 5.73 Å². The van der Waals surface area contributed by atoms with E-state index in [0.717, 1.165) is 0 Å². The number of rotatable bonds is 3. The van der Waals surface area contributed by atoms with Crippen LogP contribution >= 0.6 is 0 Å². The summed E-state index contributed by atoms with van der Waals surface area (Å²) in [5, 5.41) is 9.64. The number of hydrogen-bond acceptors (Lipinski definition) is 3. The third-order valence-corrected chi connectivity index (χ3v) is 2.35. The summed E-state index contributed by atoms with van der Waals surface area (Å²) in [5.74, 6) is -0.320. The molecule has 0 saturated carbocycles. The molecule has 0 aromatic heterocycles. The van der Waals surface area contributed by atoms with Crippen LogP contribution in [0.25, 0.3) is 0 Å². The maximum absolute atomic E-state index is 11.9. The van der Waals surface area contributed by atoms with Crippen LogP contribution in [0.1, 0.15) is 24.2 Å². The minimum atomic E-state index is -0.190. The molecule has 4 nitrogen and oxygen atoms in total. The van der Waals surface area contributed by atoms with Crippen molar-refractivity contribution in [1.82, 2.24) is 4.90 Å². The molecule has 4 heteroatoms. The summed E-state index contributed by atoms with van der Waals surface area (Å²) < 4.78 is 0. The van der Waals surface area contributed by atoms with E-state index in [0.29, 0.717) is 13.1 Å². The van der Waals surface area contributed by atoms with Gasteiger partial charge in [-0.2, -0.15) is 0 Å². The van der Waals surface area contributed by atoms with Gasteiger partial charge in [-0.15, -0.1) is 0 Å². The lowest BCUT2D eigenvalue weighted by molar-refractivity contribution is 0.0770. The molecule has 0 radical (unpaired) electrons. The molecule has 0 fully saturated rings. The molecule has 3 N–H and O–H groups in total. The molecule has 1 aromatic carbocycles. The lowest BCUT2D eigenvalue weighted by Gasteiger charge is -2.19. The fraction of sp³-hybridized carbons (Fsp3) is 0.364.